The Morgan fingerprint density at radius 1 is 1.07 bits per heavy atom. The summed E-state index contributed by atoms with van der Waals surface area (Å²) in [5, 5.41) is 3.23. The standard InChI is InChI=1S/C20H24ClN3O2.C9H8BrClO3/c1-11(2)7-13(22)10-26-18-9-16-15(8-17(18)21)14-5-6-23-12(3)19(14)24(4)20(16)25;1-13-8-3-5(9(12)14-2)6(10)4-7(8)11/h5-6,8-9,11,13H,7,10,22H2,1-4H3;3-4H,1-2H3/t13-;/m0./s1. The molecule has 2 aromatic carbocycles. The molecule has 2 heterocycles. The van der Waals surface area contributed by atoms with Crippen molar-refractivity contribution in [3.8, 4) is 11.5 Å². The molecule has 4 rings (SSSR count). The van der Waals surface area contributed by atoms with Crippen molar-refractivity contribution < 1.29 is 19.0 Å². The SMILES string of the molecule is COC(=O)c1cc(OC)c(Cl)cc1Br.Cc1nccc2c3cc(Cl)c(OC[C@@H](N)CC(C)C)cc3c(=O)n(C)c12. The van der Waals surface area contributed by atoms with E-state index in [1.54, 1.807) is 36.0 Å². The van der Waals surface area contributed by atoms with E-state index in [4.69, 9.17) is 38.4 Å². The van der Waals surface area contributed by atoms with Gasteiger partial charge in [-0.25, -0.2) is 4.79 Å². The molecule has 0 aliphatic rings. The first-order chi connectivity index (χ1) is 18.9. The molecule has 0 saturated carbocycles. The lowest BCUT2D eigenvalue weighted by Gasteiger charge is -2.17. The van der Waals surface area contributed by atoms with Gasteiger partial charge in [0.25, 0.3) is 5.56 Å². The van der Waals surface area contributed by atoms with Crippen molar-refractivity contribution in [2.45, 2.75) is 33.2 Å². The molecule has 0 aliphatic heterocycles. The highest BCUT2D eigenvalue weighted by molar-refractivity contribution is 9.10. The molecular formula is C29H32BrCl2N3O5. The molecule has 11 heteroatoms. The van der Waals surface area contributed by atoms with Crippen LogP contribution in [0, 0.1) is 12.8 Å². The maximum absolute atomic E-state index is 12.9. The van der Waals surface area contributed by atoms with E-state index < -0.39 is 5.97 Å². The zero-order valence-electron chi connectivity index (χ0n) is 23.2. The Labute approximate surface area is 251 Å². The monoisotopic (exact) mass is 651 g/mol. The summed E-state index contributed by atoms with van der Waals surface area (Å²) in [5.41, 5.74) is 7.99. The molecular weight excluding hydrogens is 621 g/mol. The number of ether oxygens (including phenoxy) is 3. The van der Waals surface area contributed by atoms with E-state index in [1.165, 1.54) is 20.3 Å². The summed E-state index contributed by atoms with van der Waals surface area (Å²) in [4.78, 5) is 28.4. The summed E-state index contributed by atoms with van der Waals surface area (Å²) >= 11 is 15.5. The molecule has 0 radical (unpaired) electrons. The fourth-order valence-corrected chi connectivity index (χ4v) is 5.46. The first-order valence-electron chi connectivity index (χ1n) is 12.5. The van der Waals surface area contributed by atoms with Crippen LogP contribution in [0.5, 0.6) is 11.5 Å². The minimum atomic E-state index is -0.438. The number of esters is 1. The number of aryl methyl sites for hydroxylation is 2. The topological polar surface area (TPSA) is 106 Å². The van der Waals surface area contributed by atoms with Crippen molar-refractivity contribution in [1.82, 2.24) is 9.55 Å². The molecule has 0 aliphatic carbocycles. The van der Waals surface area contributed by atoms with Gasteiger partial charge in [-0.1, -0.05) is 37.0 Å². The van der Waals surface area contributed by atoms with Crippen molar-refractivity contribution in [3.63, 3.8) is 0 Å². The molecule has 40 heavy (non-hydrogen) atoms. The fraction of sp³-hybridized carbons (Fsp3) is 0.345. The Balaban J connectivity index is 0.000000267. The van der Waals surface area contributed by atoms with Crippen LogP contribution in [0.15, 0.2) is 45.8 Å². The Morgan fingerprint density at radius 2 is 1.75 bits per heavy atom. The van der Waals surface area contributed by atoms with E-state index >= 15 is 0 Å². The number of aromatic nitrogens is 2. The Morgan fingerprint density at radius 3 is 2.38 bits per heavy atom. The summed E-state index contributed by atoms with van der Waals surface area (Å²) in [7, 11) is 4.55. The molecule has 8 nitrogen and oxygen atoms in total. The summed E-state index contributed by atoms with van der Waals surface area (Å²) in [5.74, 6) is 0.985. The summed E-state index contributed by atoms with van der Waals surface area (Å²) in [6, 6.07) is 8.46. The van der Waals surface area contributed by atoms with Gasteiger partial charge in [0.15, 0.2) is 0 Å². The molecule has 0 amide bonds. The highest BCUT2D eigenvalue weighted by Crippen LogP contribution is 2.33. The Hall–Kier alpha value is -2.85. The van der Waals surface area contributed by atoms with E-state index in [9.17, 15) is 9.59 Å². The van der Waals surface area contributed by atoms with E-state index in [2.05, 4.69) is 39.5 Å². The van der Waals surface area contributed by atoms with Crippen molar-refractivity contribution in [2.24, 2.45) is 18.7 Å². The molecule has 1 atom stereocenters. The molecule has 0 saturated heterocycles. The van der Waals surface area contributed by atoms with Gasteiger partial charge in [0.05, 0.1) is 46.4 Å². The fourth-order valence-electron chi connectivity index (χ4n) is 4.37. The second-order valence-corrected chi connectivity index (χ2v) is 11.3. The summed E-state index contributed by atoms with van der Waals surface area (Å²) in [6.07, 6.45) is 2.61. The molecule has 0 unspecified atom stereocenters. The molecule has 4 aromatic rings. The van der Waals surface area contributed by atoms with Gasteiger partial charge in [-0.3, -0.25) is 9.78 Å². The maximum Gasteiger partial charge on any atom is 0.339 e. The quantitative estimate of drug-likeness (QED) is 0.175. The molecule has 0 bridgehead atoms. The van der Waals surface area contributed by atoms with Crippen molar-refractivity contribution in [3.05, 3.63) is 72.7 Å². The van der Waals surface area contributed by atoms with Crippen LogP contribution in [0.1, 0.15) is 36.3 Å². The normalized spacial score (nSPS) is 11.8. The first-order valence-corrected chi connectivity index (χ1v) is 14.0. The van der Waals surface area contributed by atoms with Crippen LogP contribution in [0.2, 0.25) is 10.0 Å². The average molecular weight is 653 g/mol. The third kappa shape index (κ3) is 7.07. The molecule has 0 fully saturated rings. The van der Waals surface area contributed by atoms with Crippen molar-refractivity contribution >= 4 is 66.8 Å². The van der Waals surface area contributed by atoms with Gasteiger partial charge in [0, 0.05) is 29.1 Å². The van der Waals surface area contributed by atoms with E-state index in [0.717, 1.165) is 28.4 Å². The van der Waals surface area contributed by atoms with E-state index in [0.29, 0.717) is 49.5 Å². The number of carbonyl (C=O) groups is 1. The lowest BCUT2D eigenvalue weighted by atomic mass is 10.0. The number of pyridine rings is 2. The van der Waals surface area contributed by atoms with Crippen LogP contribution in [-0.4, -0.2) is 42.4 Å². The lowest BCUT2D eigenvalue weighted by molar-refractivity contribution is 0.0599. The van der Waals surface area contributed by atoms with Crippen LogP contribution in [0.3, 0.4) is 0 Å². The zero-order valence-corrected chi connectivity index (χ0v) is 26.3. The minimum Gasteiger partial charge on any atom is -0.495 e. The third-order valence-electron chi connectivity index (χ3n) is 6.21. The number of hydrogen-bond acceptors (Lipinski definition) is 7. The second kappa shape index (κ2) is 13.7. The van der Waals surface area contributed by atoms with Gasteiger partial charge in [-0.2, -0.15) is 0 Å². The van der Waals surface area contributed by atoms with Gasteiger partial charge in [-0.15, -0.1) is 0 Å². The highest BCUT2D eigenvalue weighted by atomic mass is 79.9. The number of carbonyl (C=O) groups excluding carboxylic acids is 1. The number of fused-ring (bicyclic) bond motifs is 3. The Kier molecular flexibility index (Phi) is 10.8. The number of benzene rings is 2. The lowest BCUT2D eigenvalue weighted by Crippen LogP contribution is -2.29. The van der Waals surface area contributed by atoms with Gasteiger partial charge in [0.2, 0.25) is 0 Å². The van der Waals surface area contributed by atoms with E-state index in [1.807, 2.05) is 13.0 Å². The minimum absolute atomic E-state index is 0.0741. The first kappa shape index (κ1) is 31.7. The van der Waals surface area contributed by atoms with Gasteiger partial charge in [-0.05, 0) is 70.9 Å². The van der Waals surface area contributed by atoms with Gasteiger partial charge >= 0.3 is 5.97 Å². The number of nitrogens with two attached hydrogens (primary N) is 1. The number of halogens is 3. The molecule has 214 valence electrons. The number of nitrogens with zero attached hydrogens (tertiary/aromatic N) is 2. The molecule has 2 aromatic heterocycles. The van der Waals surface area contributed by atoms with Crippen molar-refractivity contribution in [1.29, 1.82) is 0 Å². The van der Waals surface area contributed by atoms with Gasteiger partial charge < -0.3 is 24.5 Å². The predicted octanol–water partition coefficient (Wildman–Crippen LogP) is 6.70. The smallest absolute Gasteiger partial charge is 0.339 e. The largest absolute Gasteiger partial charge is 0.495 e. The van der Waals surface area contributed by atoms with Crippen LogP contribution < -0.4 is 20.8 Å². The molecule has 2 N–H and O–H groups in total. The van der Waals surface area contributed by atoms with Crippen LogP contribution in [0.25, 0.3) is 21.7 Å². The number of hydrogen-bond donors (Lipinski definition) is 1. The Bertz CT molecular complexity index is 1610. The van der Waals surface area contributed by atoms with Crippen LogP contribution in [-0.2, 0) is 11.8 Å². The second-order valence-electron chi connectivity index (χ2n) is 9.64. The molecule has 0 spiro atoms. The van der Waals surface area contributed by atoms with Gasteiger partial charge in [0.1, 0.15) is 18.1 Å². The predicted molar refractivity (Wildman–Crippen MR) is 164 cm³/mol. The number of rotatable bonds is 7. The zero-order chi connectivity index (χ0) is 29.7. The van der Waals surface area contributed by atoms with Crippen LogP contribution >= 0.6 is 39.1 Å². The average Bonchev–Trinajstić information content (AvgIpc) is 2.90. The summed E-state index contributed by atoms with van der Waals surface area (Å²) in [6.45, 7) is 6.49. The summed E-state index contributed by atoms with van der Waals surface area (Å²) < 4.78 is 17.6. The number of methoxy groups -OCH3 is 2. The highest BCUT2D eigenvalue weighted by Gasteiger charge is 2.16. The van der Waals surface area contributed by atoms with E-state index in [-0.39, 0.29) is 11.6 Å². The van der Waals surface area contributed by atoms with Crippen LogP contribution in [0.4, 0.5) is 0 Å². The van der Waals surface area contributed by atoms with Crippen molar-refractivity contribution in [2.75, 3.05) is 20.8 Å². The third-order valence-corrected chi connectivity index (χ3v) is 7.46. The maximum atomic E-state index is 12.9.